The van der Waals surface area contributed by atoms with Gasteiger partial charge in [-0.3, -0.25) is 9.59 Å². The molecule has 2 aromatic carbocycles. The molecule has 1 saturated heterocycles. The van der Waals surface area contributed by atoms with Crippen LogP contribution in [-0.2, 0) is 45.7 Å². The molecule has 2 heterocycles. The number of rotatable bonds is 7. The smallest absolute Gasteiger partial charge is 0.435 e. The van der Waals surface area contributed by atoms with Crippen molar-refractivity contribution in [2.45, 2.75) is 92.0 Å². The summed E-state index contributed by atoms with van der Waals surface area (Å²) >= 11 is 0. The molecule has 7 nitrogen and oxygen atoms in total. The van der Waals surface area contributed by atoms with Crippen LogP contribution < -0.4 is 0 Å². The Labute approximate surface area is 296 Å². The number of fused-ring (bicyclic) bond motifs is 3. The van der Waals surface area contributed by atoms with Gasteiger partial charge in [-0.05, 0) is 91.8 Å². The number of alkyl halides is 7. The zero-order chi connectivity index (χ0) is 37.9. The summed E-state index contributed by atoms with van der Waals surface area (Å²) in [6.45, 7) is 2.35. The Bertz CT molecular complexity index is 1880. The van der Waals surface area contributed by atoms with Gasteiger partial charge in [0.05, 0.1) is 30.2 Å². The molecule has 52 heavy (non-hydrogen) atoms. The Morgan fingerprint density at radius 3 is 2.15 bits per heavy atom. The summed E-state index contributed by atoms with van der Waals surface area (Å²) in [4.78, 5) is 27.5. The summed E-state index contributed by atoms with van der Waals surface area (Å²) < 4.78 is 136. The van der Waals surface area contributed by atoms with Gasteiger partial charge in [-0.15, -0.1) is 0 Å². The number of ether oxygens (including phenoxy) is 2. The molecule has 0 N–H and O–H groups in total. The van der Waals surface area contributed by atoms with Crippen molar-refractivity contribution >= 4 is 27.3 Å². The molecule has 1 amide bonds. The number of benzene rings is 2. The van der Waals surface area contributed by atoms with Crippen molar-refractivity contribution in [3.63, 3.8) is 0 Å². The third-order valence-electron chi connectivity index (χ3n) is 11.2. The molecule has 0 bridgehead atoms. The number of carbonyl (C=O) groups excluding carboxylic acids is 2. The molecule has 2 fully saturated rings. The number of halogens is 7. The van der Waals surface area contributed by atoms with E-state index in [1.807, 2.05) is 13.0 Å². The lowest BCUT2D eigenvalue weighted by Gasteiger charge is -2.44. The van der Waals surface area contributed by atoms with Gasteiger partial charge in [-0.25, -0.2) is 12.8 Å². The normalized spacial score (nSPS) is 25.3. The van der Waals surface area contributed by atoms with Crippen LogP contribution in [0.15, 0.2) is 65.3 Å². The predicted molar refractivity (Wildman–Crippen MR) is 175 cm³/mol. The van der Waals surface area contributed by atoms with E-state index in [4.69, 9.17) is 9.47 Å². The number of allylic oxidation sites excluding steroid dienone is 2. The van der Waals surface area contributed by atoms with Crippen LogP contribution in [0.4, 0.5) is 30.7 Å². The molecule has 2 unspecified atom stereocenters. The lowest BCUT2D eigenvalue weighted by molar-refractivity contribution is -0.348. The molecule has 0 spiro atoms. The molecule has 0 aromatic heterocycles. The van der Waals surface area contributed by atoms with Gasteiger partial charge >= 0.3 is 24.0 Å². The van der Waals surface area contributed by atoms with Crippen molar-refractivity contribution in [2.24, 2.45) is 11.8 Å². The lowest BCUT2D eigenvalue weighted by atomic mass is 9.76. The Morgan fingerprint density at radius 1 is 0.923 bits per heavy atom. The van der Waals surface area contributed by atoms with E-state index in [0.717, 1.165) is 18.1 Å². The standard InChI is InChI=1S/C37H38F7NO6S/c1-3-22-18-27(21-51-20-22)23-8-12-29(13-9-23)52(48,49)34-16-17-45(32(46)24-4-6-25(7-5-24)33(47)50-2)31(34)15-10-26-19-28(11-14-30(26)34)35(38,36(39,40)41)37(42,43)44/h8-9,11-14,18-19,21,24-25,31H,3-7,10,15-17,20H2,1-2H3. The lowest BCUT2D eigenvalue weighted by Crippen LogP contribution is -2.53. The second-order valence-corrected chi connectivity index (χ2v) is 16.1. The van der Waals surface area contributed by atoms with Crippen molar-refractivity contribution in [1.29, 1.82) is 0 Å². The maximum Gasteiger partial charge on any atom is 0.435 e. The number of hydrogen-bond acceptors (Lipinski definition) is 6. The molecule has 4 aliphatic rings. The summed E-state index contributed by atoms with van der Waals surface area (Å²) in [5, 5.41) is 0. The molecular formula is C37H38F7NO6S. The van der Waals surface area contributed by atoms with Gasteiger partial charge in [-0.1, -0.05) is 37.3 Å². The zero-order valence-electron chi connectivity index (χ0n) is 28.4. The van der Waals surface area contributed by atoms with Gasteiger partial charge in [0.1, 0.15) is 11.4 Å². The fourth-order valence-electron chi connectivity index (χ4n) is 8.40. The number of hydrogen-bond donors (Lipinski definition) is 0. The van der Waals surface area contributed by atoms with E-state index < -0.39 is 50.1 Å². The van der Waals surface area contributed by atoms with Gasteiger partial charge in [0, 0.05) is 23.6 Å². The number of aryl methyl sites for hydroxylation is 1. The molecular weight excluding hydrogens is 719 g/mol. The highest BCUT2D eigenvalue weighted by molar-refractivity contribution is 7.92. The number of sulfone groups is 1. The SMILES string of the molecule is CCC1=CC(c2ccc(S(=O)(=O)C34CCN(C(=O)C5CCC(C(=O)OC)CC5)C3CCc3cc(C(F)(C(F)(F)F)C(F)(F)F)ccc34)cc2)=COC1. The van der Waals surface area contributed by atoms with Gasteiger partial charge in [-0.2, -0.15) is 26.3 Å². The summed E-state index contributed by atoms with van der Waals surface area (Å²) in [6.07, 6.45) is -7.49. The van der Waals surface area contributed by atoms with Crippen LogP contribution in [-0.4, -0.2) is 63.9 Å². The number of amides is 1. The average molecular weight is 758 g/mol. The molecule has 1 saturated carbocycles. The summed E-state index contributed by atoms with van der Waals surface area (Å²) in [5.74, 6) is -1.61. The van der Waals surface area contributed by atoms with Gasteiger partial charge in [0.2, 0.25) is 5.91 Å². The van der Waals surface area contributed by atoms with Crippen LogP contribution in [0.2, 0.25) is 0 Å². The maximum absolute atomic E-state index is 15.2. The third kappa shape index (κ3) is 6.00. The van der Waals surface area contributed by atoms with Gasteiger partial charge in [0.15, 0.2) is 9.84 Å². The minimum atomic E-state index is -6.35. The van der Waals surface area contributed by atoms with Crippen molar-refractivity contribution in [3.05, 3.63) is 82.6 Å². The van der Waals surface area contributed by atoms with E-state index >= 15 is 4.39 Å². The minimum Gasteiger partial charge on any atom is -0.496 e. The summed E-state index contributed by atoms with van der Waals surface area (Å²) in [7, 11) is -3.24. The van der Waals surface area contributed by atoms with Crippen molar-refractivity contribution in [2.75, 3.05) is 20.3 Å². The van der Waals surface area contributed by atoms with Crippen molar-refractivity contribution in [3.8, 4) is 0 Å². The minimum absolute atomic E-state index is 0.0497. The topological polar surface area (TPSA) is 90.0 Å². The molecule has 2 aliphatic heterocycles. The zero-order valence-corrected chi connectivity index (χ0v) is 29.3. The number of carbonyl (C=O) groups is 2. The Morgan fingerprint density at radius 2 is 1.56 bits per heavy atom. The highest BCUT2D eigenvalue weighted by Gasteiger charge is 2.74. The van der Waals surface area contributed by atoms with Crippen LogP contribution >= 0.6 is 0 Å². The first-order valence-corrected chi connectivity index (χ1v) is 18.6. The van der Waals surface area contributed by atoms with Gasteiger partial charge in [0.25, 0.3) is 0 Å². The summed E-state index contributed by atoms with van der Waals surface area (Å²) in [5.41, 5.74) is -5.24. The van der Waals surface area contributed by atoms with E-state index in [0.29, 0.717) is 55.6 Å². The van der Waals surface area contributed by atoms with Crippen LogP contribution in [0.25, 0.3) is 5.57 Å². The van der Waals surface area contributed by atoms with Gasteiger partial charge < -0.3 is 14.4 Å². The second-order valence-electron chi connectivity index (χ2n) is 13.9. The van der Waals surface area contributed by atoms with Crippen molar-refractivity contribution < 1.29 is 58.2 Å². The Kier molecular flexibility index (Phi) is 9.84. The highest BCUT2D eigenvalue weighted by atomic mass is 32.2. The molecule has 15 heteroatoms. The second kappa shape index (κ2) is 13.5. The number of likely N-dealkylation sites (tertiary alicyclic amines) is 1. The first kappa shape index (κ1) is 37.9. The van der Waals surface area contributed by atoms with Crippen LogP contribution in [0, 0.1) is 11.8 Å². The first-order valence-electron chi connectivity index (χ1n) is 17.1. The van der Waals surface area contributed by atoms with E-state index in [2.05, 4.69) is 0 Å². The van der Waals surface area contributed by atoms with Crippen LogP contribution in [0.1, 0.15) is 74.1 Å². The fourth-order valence-corrected chi connectivity index (χ4v) is 10.8. The Hall–Kier alpha value is -3.88. The maximum atomic E-state index is 15.2. The molecule has 0 radical (unpaired) electrons. The van der Waals surface area contributed by atoms with E-state index in [-0.39, 0.29) is 59.6 Å². The molecule has 2 aromatic rings. The average Bonchev–Trinajstić information content (AvgIpc) is 3.54. The predicted octanol–water partition coefficient (Wildman–Crippen LogP) is 7.88. The van der Waals surface area contributed by atoms with E-state index in [1.165, 1.54) is 24.1 Å². The fraction of sp³-hybridized carbons (Fsp3) is 0.514. The van der Waals surface area contributed by atoms with E-state index in [1.54, 1.807) is 18.4 Å². The molecule has 2 atom stereocenters. The quantitative estimate of drug-likeness (QED) is 0.211. The Balaban J connectivity index is 1.43. The molecule has 6 rings (SSSR count). The van der Waals surface area contributed by atoms with Crippen LogP contribution in [0.5, 0.6) is 0 Å². The third-order valence-corrected chi connectivity index (χ3v) is 13.8. The van der Waals surface area contributed by atoms with Crippen molar-refractivity contribution in [1.82, 2.24) is 4.90 Å². The van der Waals surface area contributed by atoms with Crippen LogP contribution in [0.3, 0.4) is 0 Å². The monoisotopic (exact) mass is 757 g/mol. The number of nitrogens with zero attached hydrogens (tertiary/aromatic N) is 1. The summed E-state index contributed by atoms with van der Waals surface area (Å²) in [6, 6.07) is 6.58. The molecule has 282 valence electrons. The largest absolute Gasteiger partial charge is 0.496 e. The molecule has 2 aliphatic carbocycles. The van der Waals surface area contributed by atoms with E-state index in [9.17, 15) is 44.3 Å². The first-order chi connectivity index (χ1) is 24.4. The number of esters is 1. The highest BCUT2D eigenvalue weighted by Crippen LogP contribution is 2.57. The number of methoxy groups -OCH3 is 1.